The molecule has 0 atom stereocenters. The van der Waals surface area contributed by atoms with Gasteiger partial charge in [-0.2, -0.15) is 0 Å². The zero-order chi connectivity index (χ0) is 13.1. The molecule has 1 aliphatic rings. The van der Waals surface area contributed by atoms with Gasteiger partial charge in [0, 0.05) is 23.1 Å². The molecule has 0 aliphatic carbocycles. The molecule has 5 heteroatoms. The van der Waals surface area contributed by atoms with Gasteiger partial charge in [-0.05, 0) is 24.8 Å². The molecule has 1 aromatic carbocycles. The van der Waals surface area contributed by atoms with Crippen LogP contribution in [0.3, 0.4) is 0 Å². The topological polar surface area (TPSA) is 55.8 Å². The van der Waals surface area contributed by atoms with Gasteiger partial charge < -0.3 is 14.6 Å². The molecule has 4 nitrogen and oxygen atoms in total. The van der Waals surface area contributed by atoms with Crippen molar-refractivity contribution in [3.8, 4) is 11.5 Å². The summed E-state index contributed by atoms with van der Waals surface area (Å²) in [5.74, 6) is 0.649. The standard InChI is InChI=1S/C13H15ClO4/c1-2-8-9(4-3-5-12(15)16)10(14)6-11-13(8)18-7-17-11/h6H,2-5,7H2,1H3,(H,15,16). The highest BCUT2D eigenvalue weighted by Crippen LogP contribution is 2.42. The minimum Gasteiger partial charge on any atom is -0.481 e. The first-order valence-electron chi connectivity index (χ1n) is 5.95. The van der Waals surface area contributed by atoms with E-state index in [0.717, 1.165) is 23.3 Å². The summed E-state index contributed by atoms with van der Waals surface area (Å²) in [5.41, 5.74) is 2.00. The Morgan fingerprint density at radius 1 is 1.44 bits per heavy atom. The summed E-state index contributed by atoms with van der Waals surface area (Å²) in [6.45, 7) is 2.24. The van der Waals surface area contributed by atoms with Gasteiger partial charge in [0.05, 0.1) is 0 Å². The van der Waals surface area contributed by atoms with Crippen LogP contribution < -0.4 is 9.47 Å². The van der Waals surface area contributed by atoms with E-state index in [1.165, 1.54) is 0 Å². The Balaban J connectivity index is 2.25. The summed E-state index contributed by atoms with van der Waals surface area (Å²) in [6.07, 6.45) is 2.15. The fraction of sp³-hybridized carbons (Fsp3) is 0.462. The molecule has 2 rings (SSSR count). The average molecular weight is 271 g/mol. The third-order valence-corrected chi connectivity index (χ3v) is 3.33. The van der Waals surface area contributed by atoms with E-state index in [0.29, 0.717) is 23.6 Å². The van der Waals surface area contributed by atoms with E-state index >= 15 is 0 Å². The summed E-state index contributed by atoms with van der Waals surface area (Å²) in [6, 6.07) is 1.75. The molecule has 0 saturated heterocycles. The van der Waals surface area contributed by atoms with Gasteiger partial charge in [-0.1, -0.05) is 18.5 Å². The third kappa shape index (κ3) is 2.53. The van der Waals surface area contributed by atoms with Crippen LogP contribution >= 0.6 is 11.6 Å². The van der Waals surface area contributed by atoms with Crippen molar-refractivity contribution in [2.75, 3.05) is 6.79 Å². The number of rotatable bonds is 5. The quantitative estimate of drug-likeness (QED) is 0.893. The summed E-state index contributed by atoms with van der Waals surface area (Å²) in [7, 11) is 0. The van der Waals surface area contributed by atoms with Crippen LogP contribution in [0.15, 0.2) is 6.07 Å². The highest BCUT2D eigenvalue weighted by molar-refractivity contribution is 6.31. The second kappa shape index (κ2) is 5.48. The van der Waals surface area contributed by atoms with E-state index in [1.807, 2.05) is 6.92 Å². The average Bonchev–Trinajstić information content (AvgIpc) is 2.76. The minimum atomic E-state index is -0.787. The number of carbonyl (C=O) groups is 1. The van der Waals surface area contributed by atoms with Gasteiger partial charge in [-0.25, -0.2) is 0 Å². The molecule has 0 unspecified atom stereocenters. The molecule has 0 radical (unpaired) electrons. The Morgan fingerprint density at radius 3 is 2.89 bits per heavy atom. The third-order valence-electron chi connectivity index (χ3n) is 3.00. The fourth-order valence-electron chi connectivity index (χ4n) is 2.18. The van der Waals surface area contributed by atoms with Crippen molar-refractivity contribution in [1.29, 1.82) is 0 Å². The number of aliphatic carboxylic acids is 1. The summed E-state index contributed by atoms with van der Waals surface area (Å²) in [4.78, 5) is 10.5. The number of carboxylic acids is 1. The van der Waals surface area contributed by atoms with Crippen molar-refractivity contribution >= 4 is 17.6 Å². The maximum atomic E-state index is 10.5. The first kappa shape index (κ1) is 13.0. The molecule has 0 fully saturated rings. The molecule has 1 heterocycles. The molecule has 18 heavy (non-hydrogen) atoms. The molecule has 0 saturated carbocycles. The molecule has 0 spiro atoms. The van der Waals surface area contributed by atoms with Crippen molar-refractivity contribution in [3.63, 3.8) is 0 Å². The lowest BCUT2D eigenvalue weighted by Crippen LogP contribution is -2.00. The molecule has 1 N–H and O–H groups in total. The summed E-state index contributed by atoms with van der Waals surface area (Å²) >= 11 is 6.22. The molecule has 0 aromatic heterocycles. The molecule has 0 amide bonds. The molecule has 1 aliphatic heterocycles. The zero-order valence-electron chi connectivity index (χ0n) is 10.2. The lowest BCUT2D eigenvalue weighted by atomic mass is 9.98. The monoisotopic (exact) mass is 270 g/mol. The van der Waals surface area contributed by atoms with Crippen LogP contribution in [0.4, 0.5) is 0 Å². The van der Waals surface area contributed by atoms with Crippen LogP contribution in [0, 0.1) is 0 Å². The van der Waals surface area contributed by atoms with E-state index in [1.54, 1.807) is 6.07 Å². The second-order valence-corrected chi connectivity index (χ2v) is 4.56. The lowest BCUT2D eigenvalue weighted by molar-refractivity contribution is -0.137. The molecule has 1 aromatic rings. The Kier molecular flexibility index (Phi) is 3.97. The highest BCUT2D eigenvalue weighted by Gasteiger charge is 2.22. The van der Waals surface area contributed by atoms with Crippen LogP contribution in [0.5, 0.6) is 11.5 Å². The van der Waals surface area contributed by atoms with Crippen LogP contribution in [-0.2, 0) is 17.6 Å². The van der Waals surface area contributed by atoms with Crippen molar-refractivity contribution < 1.29 is 19.4 Å². The zero-order valence-corrected chi connectivity index (χ0v) is 10.9. The predicted molar refractivity (Wildman–Crippen MR) is 67.5 cm³/mol. The van der Waals surface area contributed by atoms with Gasteiger partial charge >= 0.3 is 5.97 Å². The lowest BCUT2D eigenvalue weighted by Gasteiger charge is -2.12. The van der Waals surface area contributed by atoms with E-state index in [-0.39, 0.29) is 13.2 Å². The van der Waals surface area contributed by atoms with Crippen molar-refractivity contribution in [1.82, 2.24) is 0 Å². The van der Waals surface area contributed by atoms with E-state index in [2.05, 4.69) is 0 Å². The summed E-state index contributed by atoms with van der Waals surface area (Å²) < 4.78 is 10.8. The normalized spacial score (nSPS) is 12.8. The van der Waals surface area contributed by atoms with Crippen LogP contribution in [-0.4, -0.2) is 17.9 Å². The first-order chi connectivity index (χ1) is 8.63. The smallest absolute Gasteiger partial charge is 0.303 e. The number of benzene rings is 1. The van der Waals surface area contributed by atoms with E-state index in [9.17, 15) is 4.79 Å². The number of fused-ring (bicyclic) bond motifs is 1. The molecular formula is C13H15ClO4. The van der Waals surface area contributed by atoms with Crippen LogP contribution in [0.1, 0.15) is 30.9 Å². The van der Waals surface area contributed by atoms with Gasteiger partial charge in [0.2, 0.25) is 6.79 Å². The number of hydrogen-bond acceptors (Lipinski definition) is 3. The molecule has 98 valence electrons. The Labute approximate surface area is 110 Å². The number of halogens is 1. The van der Waals surface area contributed by atoms with E-state index in [4.69, 9.17) is 26.2 Å². The van der Waals surface area contributed by atoms with Gasteiger partial charge in [0.15, 0.2) is 11.5 Å². The molecule has 0 bridgehead atoms. The fourth-order valence-corrected chi connectivity index (χ4v) is 2.48. The minimum absolute atomic E-state index is 0.147. The maximum absolute atomic E-state index is 10.5. The number of carboxylic acid groups (broad SMARTS) is 1. The van der Waals surface area contributed by atoms with Gasteiger partial charge in [0.1, 0.15) is 0 Å². The van der Waals surface area contributed by atoms with Crippen molar-refractivity contribution in [2.24, 2.45) is 0 Å². The van der Waals surface area contributed by atoms with E-state index < -0.39 is 5.97 Å². The Morgan fingerprint density at radius 2 is 2.22 bits per heavy atom. The Bertz CT molecular complexity index is 471. The van der Waals surface area contributed by atoms with Crippen molar-refractivity contribution in [2.45, 2.75) is 32.6 Å². The van der Waals surface area contributed by atoms with Gasteiger partial charge in [-0.3, -0.25) is 4.79 Å². The second-order valence-electron chi connectivity index (χ2n) is 4.15. The van der Waals surface area contributed by atoms with Gasteiger partial charge in [0.25, 0.3) is 0 Å². The largest absolute Gasteiger partial charge is 0.481 e. The Hall–Kier alpha value is -1.42. The number of hydrogen-bond donors (Lipinski definition) is 1. The van der Waals surface area contributed by atoms with Gasteiger partial charge in [-0.15, -0.1) is 0 Å². The maximum Gasteiger partial charge on any atom is 0.303 e. The van der Waals surface area contributed by atoms with Crippen LogP contribution in [0.2, 0.25) is 5.02 Å². The summed E-state index contributed by atoms with van der Waals surface area (Å²) in [5, 5.41) is 9.29. The highest BCUT2D eigenvalue weighted by atomic mass is 35.5. The SMILES string of the molecule is CCc1c(CCCC(=O)O)c(Cl)cc2c1OCO2. The predicted octanol–water partition coefficient (Wildman–Crippen LogP) is 3.04. The number of ether oxygens (including phenoxy) is 2. The molecular weight excluding hydrogens is 256 g/mol. The first-order valence-corrected chi connectivity index (χ1v) is 6.33. The van der Waals surface area contributed by atoms with Crippen LogP contribution in [0.25, 0.3) is 0 Å². The van der Waals surface area contributed by atoms with Crippen molar-refractivity contribution in [3.05, 3.63) is 22.2 Å².